The maximum absolute atomic E-state index is 2.59. The van der Waals surface area contributed by atoms with Gasteiger partial charge < -0.3 is 0 Å². The maximum Gasteiger partial charge on any atom is 0.0460 e. The van der Waals surface area contributed by atoms with Gasteiger partial charge in [0.2, 0.25) is 0 Å². The van der Waals surface area contributed by atoms with Crippen molar-refractivity contribution in [3.05, 3.63) is 0 Å². The van der Waals surface area contributed by atoms with Crippen LogP contribution in [-0.4, -0.2) is 48.6 Å². The molecule has 0 radical (unpaired) electrons. The van der Waals surface area contributed by atoms with E-state index in [2.05, 4.69) is 23.8 Å². The van der Waals surface area contributed by atoms with Crippen LogP contribution in [0.25, 0.3) is 0 Å². The summed E-state index contributed by atoms with van der Waals surface area (Å²) in [5, 5.41) is 0. The van der Waals surface area contributed by atoms with Crippen LogP contribution in [0.5, 0.6) is 0 Å². The Labute approximate surface area is 75.5 Å². The minimum atomic E-state index is 0.592. The average molecular weight is 168 g/mol. The number of piperidine rings is 1. The summed E-state index contributed by atoms with van der Waals surface area (Å²) < 4.78 is 0. The van der Waals surface area contributed by atoms with Crippen LogP contribution < -0.4 is 0 Å². The van der Waals surface area contributed by atoms with Gasteiger partial charge in [0.25, 0.3) is 0 Å². The summed E-state index contributed by atoms with van der Waals surface area (Å²) in [6.07, 6.45) is 4.28. The number of likely N-dealkylation sites (N-methyl/N-ethyl adjacent to an activating group) is 2. The van der Waals surface area contributed by atoms with Crippen LogP contribution in [-0.2, 0) is 0 Å². The van der Waals surface area contributed by atoms with Crippen molar-refractivity contribution in [2.75, 3.05) is 33.2 Å². The Morgan fingerprint density at radius 2 is 2.00 bits per heavy atom. The molecule has 0 N–H and O–H groups in total. The van der Waals surface area contributed by atoms with Crippen molar-refractivity contribution in [3.8, 4) is 0 Å². The van der Waals surface area contributed by atoms with E-state index in [4.69, 9.17) is 0 Å². The number of hydrogen-bond acceptors (Lipinski definition) is 2. The summed E-state index contributed by atoms with van der Waals surface area (Å²) in [6.45, 7) is 7.45. The minimum Gasteiger partial charge on any atom is -0.300 e. The third-order valence-corrected chi connectivity index (χ3v) is 3.68. The number of hydrogen-bond donors (Lipinski definition) is 0. The fourth-order valence-corrected chi connectivity index (χ4v) is 2.64. The van der Waals surface area contributed by atoms with Gasteiger partial charge in [0.1, 0.15) is 0 Å². The first-order valence-electron chi connectivity index (χ1n) is 5.20. The molecule has 0 aromatic carbocycles. The lowest BCUT2D eigenvalue weighted by Crippen LogP contribution is -2.70. The Bertz CT molecular complexity index is 161. The molecule has 2 aliphatic heterocycles. The summed E-state index contributed by atoms with van der Waals surface area (Å²) in [5.41, 5.74) is 0.592. The van der Waals surface area contributed by atoms with Gasteiger partial charge >= 0.3 is 0 Å². The van der Waals surface area contributed by atoms with Gasteiger partial charge in [-0.15, -0.1) is 0 Å². The summed E-state index contributed by atoms with van der Waals surface area (Å²) in [4.78, 5) is 5.13. The van der Waals surface area contributed by atoms with Gasteiger partial charge in [-0.3, -0.25) is 9.80 Å². The van der Waals surface area contributed by atoms with Crippen molar-refractivity contribution in [2.45, 2.75) is 31.7 Å². The van der Waals surface area contributed by atoms with Crippen LogP contribution in [0.1, 0.15) is 26.2 Å². The van der Waals surface area contributed by atoms with Crippen LogP contribution in [0.4, 0.5) is 0 Å². The second-order valence-corrected chi connectivity index (χ2v) is 4.41. The number of nitrogens with zero attached hydrogens (tertiary/aromatic N) is 2. The topological polar surface area (TPSA) is 6.48 Å². The first-order chi connectivity index (χ1) is 5.77. The quantitative estimate of drug-likeness (QED) is 0.580. The van der Waals surface area contributed by atoms with Gasteiger partial charge in [-0.2, -0.15) is 0 Å². The maximum atomic E-state index is 2.59. The van der Waals surface area contributed by atoms with Crippen molar-refractivity contribution in [2.24, 2.45) is 0 Å². The Hall–Kier alpha value is -0.0800. The molecule has 0 unspecified atom stereocenters. The van der Waals surface area contributed by atoms with Gasteiger partial charge in [-0.05, 0) is 33.0 Å². The Morgan fingerprint density at radius 3 is 2.58 bits per heavy atom. The zero-order valence-corrected chi connectivity index (χ0v) is 8.34. The Morgan fingerprint density at radius 1 is 1.25 bits per heavy atom. The molecule has 2 saturated heterocycles. The Kier molecular flexibility index (Phi) is 2.13. The van der Waals surface area contributed by atoms with Gasteiger partial charge in [0.15, 0.2) is 0 Å². The van der Waals surface area contributed by atoms with Crippen molar-refractivity contribution in [1.29, 1.82) is 0 Å². The molecule has 2 nitrogen and oxygen atoms in total. The molecule has 0 aliphatic carbocycles. The fraction of sp³-hybridized carbons (Fsp3) is 1.00. The molecule has 0 bridgehead atoms. The van der Waals surface area contributed by atoms with Crippen molar-refractivity contribution >= 4 is 0 Å². The molecule has 0 saturated carbocycles. The first kappa shape index (κ1) is 8.52. The summed E-state index contributed by atoms with van der Waals surface area (Å²) in [6, 6.07) is 0. The highest BCUT2D eigenvalue weighted by molar-refractivity contribution is 5.04. The number of rotatable bonds is 1. The van der Waals surface area contributed by atoms with Gasteiger partial charge in [-0.1, -0.05) is 13.3 Å². The van der Waals surface area contributed by atoms with E-state index in [9.17, 15) is 0 Å². The molecule has 2 aliphatic rings. The second kappa shape index (κ2) is 3.00. The van der Waals surface area contributed by atoms with E-state index in [-0.39, 0.29) is 0 Å². The highest BCUT2D eigenvalue weighted by Crippen LogP contribution is 2.34. The fourth-order valence-electron chi connectivity index (χ4n) is 2.64. The zero-order chi connectivity index (χ0) is 8.60. The molecule has 2 rings (SSSR count). The first-order valence-corrected chi connectivity index (χ1v) is 5.20. The lowest BCUT2D eigenvalue weighted by atomic mass is 9.80. The normalized spacial score (nSPS) is 30.5. The summed E-state index contributed by atoms with van der Waals surface area (Å²) in [7, 11) is 2.30. The SMILES string of the molecule is CCN1CC2(CCCCN2C)C1. The van der Waals surface area contributed by atoms with Crippen LogP contribution in [0.15, 0.2) is 0 Å². The van der Waals surface area contributed by atoms with Crippen molar-refractivity contribution in [3.63, 3.8) is 0 Å². The average Bonchev–Trinajstić information content (AvgIpc) is 2.02. The van der Waals surface area contributed by atoms with Crippen molar-refractivity contribution in [1.82, 2.24) is 9.80 Å². The molecule has 70 valence electrons. The zero-order valence-electron chi connectivity index (χ0n) is 8.34. The molecule has 0 amide bonds. The highest BCUT2D eigenvalue weighted by atomic mass is 15.3. The van der Waals surface area contributed by atoms with Crippen LogP contribution in [0, 0.1) is 0 Å². The van der Waals surface area contributed by atoms with Gasteiger partial charge in [-0.25, -0.2) is 0 Å². The minimum absolute atomic E-state index is 0.592. The van der Waals surface area contributed by atoms with E-state index in [0.717, 1.165) is 0 Å². The van der Waals surface area contributed by atoms with Gasteiger partial charge in [0.05, 0.1) is 0 Å². The summed E-state index contributed by atoms with van der Waals surface area (Å²) >= 11 is 0. The molecular weight excluding hydrogens is 148 g/mol. The lowest BCUT2D eigenvalue weighted by Gasteiger charge is -2.57. The van der Waals surface area contributed by atoms with E-state index in [1.807, 2.05) is 0 Å². The predicted octanol–water partition coefficient (Wildman–Crippen LogP) is 1.18. The smallest absolute Gasteiger partial charge is 0.0460 e. The van der Waals surface area contributed by atoms with E-state index in [1.54, 1.807) is 0 Å². The second-order valence-electron chi connectivity index (χ2n) is 4.41. The molecule has 12 heavy (non-hydrogen) atoms. The van der Waals surface area contributed by atoms with E-state index in [1.165, 1.54) is 45.4 Å². The van der Waals surface area contributed by atoms with Crippen molar-refractivity contribution < 1.29 is 0 Å². The predicted molar refractivity (Wildman–Crippen MR) is 51.3 cm³/mol. The van der Waals surface area contributed by atoms with E-state index >= 15 is 0 Å². The number of likely N-dealkylation sites (tertiary alicyclic amines) is 2. The lowest BCUT2D eigenvalue weighted by molar-refractivity contribution is -0.0616. The largest absolute Gasteiger partial charge is 0.300 e. The molecule has 0 aromatic heterocycles. The highest BCUT2D eigenvalue weighted by Gasteiger charge is 2.45. The van der Waals surface area contributed by atoms with Crippen LogP contribution in [0.2, 0.25) is 0 Å². The molecule has 2 heterocycles. The van der Waals surface area contributed by atoms with Crippen LogP contribution in [0.3, 0.4) is 0 Å². The van der Waals surface area contributed by atoms with Gasteiger partial charge in [0, 0.05) is 18.6 Å². The third-order valence-electron chi connectivity index (χ3n) is 3.68. The van der Waals surface area contributed by atoms with E-state index < -0.39 is 0 Å². The molecule has 2 heteroatoms. The molecule has 0 aromatic rings. The molecule has 0 atom stereocenters. The monoisotopic (exact) mass is 168 g/mol. The standard InChI is InChI=1S/C10H20N2/c1-3-12-8-10(9-12)6-4-5-7-11(10)2/h3-9H2,1-2H3. The molecule has 1 spiro atoms. The molecular formula is C10H20N2. The Balaban J connectivity index is 1.94. The van der Waals surface area contributed by atoms with Crippen LogP contribution >= 0.6 is 0 Å². The van der Waals surface area contributed by atoms with E-state index in [0.29, 0.717) is 5.54 Å². The summed E-state index contributed by atoms with van der Waals surface area (Å²) in [5.74, 6) is 0. The molecule has 2 fully saturated rings. The third kappa shape index (κ3) is 1.17.